The van der Waals surface area contributed by atoms with Crippen LogP contribution in [0.4, 0.5) is 5.69 Å². The van der Waals surface area contributed by atoms with Crippen molar-refractivity contribution in [1.82, 2.24) is 0 Å². The molecule has 2 aromatic rings. The summed E-state index contributed by atoms with van der Waals surface area (Å²) < 4.78 is 39.0. The summed E-state index contributed by atoms with van der Waals surface area (Å²) in [4.78, 5) is 12.3. The Morgan fingerprint density at radius 2 is 1.74 bits per heavy atom. The highest BCUT2D eigenvalue weighted by atomic mass is 32.2. The van der Waals surface area contributed by atoms with E-state index in [4.69, 9.17) is 19.3 Å². The van der Waals surface area contributed by atoms with Crippen molar-refractivity contribution in [2.45, 2.75) is 18.4 Å². The molecule has 146 valence electrons. The Morgan fingerprint density at radius 3 is 2.33 bits per heavy atom. The van der Waals surface area contributed by atoms with Crippen LogP contribution in [-0.2, 0) is 21.4 Å². The number of carbonyl (C=O) groups excluding carboxylic acids is 1. The maximum atomic E-state index is 12.6. The summed E-state index contributed by atoms with van der Waals surface area (Å²) in [5, 5.41) is 7.84. The molecular formula is C18H22N2O6S. The molecule has 0 aromatic heterocycles. The molecule has 2 aromatic carbocycles. The molecule has 0 aliphatic rings. The van der Waals surface area contributed by atoms with Gasteiger partial charge in [-0.2, -0.15) is 0 Å². The van der Waals surface area contributed by atoms with E-state index < -0.39 is 15.9 Å². The van der Waals surface area contributed by atoms with Crippen LogP contribution in [0, 0.1) is 0 Å². The summed E-state index contributed by atoms with van der Waals surface area (Å²) in [5.41, 5.74) is 1.37. The van der Waals surface area contributed by atoms with Crippen molar-refractivity contribution >= 4 is 21.6 Å². The fourth-order valence-electron chi connectivity index (χ4n) is 2.42. The molecule has 0 bridgehead atoms. The first-order valence-electron chi connectivity index (χ1n) is 8.07. The number of hydrogen-bond acceptors (Lipinski definition) is 6. The Hall–Kier alpha value is -2.62. The minimum absolute atomic E-state index is 0.0962. The molecule has 0 unspecified atom stereocenters. The first-order valence-corrected chi connectivity index (χ1v) is 9.61. The minimum Gasteiger partial charge on any atom is -0.496 e. The van der Waals surface area contributed by atoms with Crippen LogP contribution in [-0.4, -0.2) is 35.2 Å². The van der Waals surface area contributed by atoms with Gasteiger partial charge in [-0.1, -0.05) is 0 Å². The molecule has 0 radical (unpaired) electrons. The average Bonchev–Trinajstić information content (AvgIpc) is 2.65. The Morgan fingerprint density at radius 1 is 1.07 bits per heavy atom. The SMILES string of the molecule is CCOCc1cc(C(=O)Nc2ccc(OC)c(S(N)(=O)=O)c2)ccc1OC. The number of carbonyl (C=O) groups is 1. The van der Waals surface area contributed by atoms with E-state index in [1.165, 1.54) is 32.4 Å². The van der Waals surface area contributed by atoms with Gasteiger partial charge in [0.2, 0.25) is 10.0 Å². The number of sulfonamides is 1. The summed E-state index contributed by atoms with van der Waals surface area (Å²) >= 11 is 0. The third kappa shape index (κ3) is 5.19. The zero-order chi connectivity index (χ0) is 20.0. The Bertz CT molecular complexity index is 927. The van der Waals surface area contributed by atoms with Gasteiger partial charge in [0.15, 0.2) is 0 Å². The minimum atomic E-state index is -4.00. The van der Waals surface area contributed by atoms with Gasteiger partial charge < -0.3 is 19.5 Å². The normalized spacial score (nSPS) is 11.1. The Balaban J connectivity index is 2.29. The highest BCUT2D eigenvalue weighted by Crippen LogP contribution is 2.27. The van der Waals surface area contributed by atoms with Crippen molar-refractivity contribution in [2.75, 3.05) is 26.1 Å². The molecule has 0 spiro atoms. The second kappa shape index (κ2) is 8.85. The molecule has 0 atom stereocenters. The van der Waals surface area contributed by atoms with Gasteiger partial charge in [-0.05, 0) is 43.3 Å². The molecule has 1 amide bonds. The van der Waals surface area contributed by atoms with Gasteiger partial charge in [0.05, 0.1) is 20.8 Å². The fraction of sp³-hybridized carbons (Fsp3) is 0.278. The zero-order valence-corrected chi connectivity index (χ0v) is 16.1. The van der Waals surface area contributed by atoms with Crippen LogP contribution < -0.4 is 19.9 Å². The van der Waals surface area contributed by atoms with Crippen molar-refractivity contribution in [3.8, 4) is 11.5 Å². The summed E-state index contributed by atoms with van der Waals surface area (Å²) in [7, 11) is -1.13. The molecular weight excluding hydrogens is 372 g/mol. The monoisotopic (exact) mass is 394 g/mol. The lowest BCUT2D eigenvalue weighted by molar-refractivity contribution is 0.102. The Kier molecular flexibility index (Phi) is 6.78. The number of anilines is 1. The third-order valence-corrected chi connectivity index (χ3v) is 4.66. The predicted molar refractivity (Wildman–Crippen MR) is 101 cm³/mol. The zero-order valence-electron chi connectivity index (χ0n) is 15.3. The van der Waals surface area contributed by atoms with Gasteiger partial charge in [0, 0.05) is 23.4 Å². The maximum Gasteiger partial charge on any atom is 0.255 e. The van der Waals surface area contributed by atoms with E-state index in [1.807, 2.05) is 6.92 Å². The molecule has 0 saturated carbocycles. The fourth-order valence-corrected chi connectivity index (χ4v) is 3.15. The lowest BCUT2D eigenvalue weighted by Gasteiger charge is -2.12. The van der Waals surface area contributed by atoms with E-state index in [0.717, 1.165) is 5.56 Å². The highest BCUT2D eigenvalue weighted by molar-refractivity contribution is 7.89. The van der Waals surface area contributed by atoms with Gasteiger partial charge in [-0.15, -0.1) is 0 Å². The largest absolute Gasteiger partial charge is 0.496 e. The van der Waals surface area contributed by atoms with Crippen LogP contribution in [0.2, 0.25) is 0 Å². The molecule has 0 saturated heterocycles. The topological polar surface area (TPSA) is 117 Å². The van der Waals surface area contributed by atoms with Crippen LogP contribution in [0.3, 0.4) is 0 Å². The lowest BCUT2D eigenvalue weighted by Crippen LogP contribution is -2.16. The number of nitrogens with one attached hydrogen (secondary N) is 1. The van der Waals surface area contributed by atoms with Gasteiger partial charge in [0.25, 0.3) is 5.91 Å². The van der Waals surface area contributed by atoms with Crippen LogP contribution in [0.25, 0.3) is 0 Å². The average molecular weight is 394 g/mol. The van der Waals surface area contributed by atoms with E-state index in [2.05, 4.69) is 5.32 Å². The van der Waals surface area contributed by atoms with Crippen LogP contribution in [0.15, 0.2) is 41.3 Å². The van der Waals surface area contributed by atoms with Gasteiger partial charge in [-0.25, -0.2) is 13.6 Å². The van der Waals surface area contributed by atoms with Gasteiger partial charge in [-0.3, -0.25) is 4.79 Å². The predicted octanol–water partition coefficient (Wildman–Crippen LogP) is 2.14. The number of ether oxygens (including phenoxy) is 3. The summed E-state index contributed by atoms with van der Waals surface area (Å²) in [6, 6.07) is 9.13. The number of primary sulfonamides is 1. The molecule has 0 aliphatic heterocycles. The first-order chi connectivity index (χ1) is 12.8. The van der Waals surface area contributed by atoms with Crippen molar-refractivity contribution in [3.05, 3.63) is 47.5 Å². The van der Waals surface area contributed by atoms with E-state index in [1.54, 1.807) is 18.2 Å². The third-order valence-electron chi connectivity index (χ3n) is 3.73. The maximum absolute atomic E-state index is 12.6. The molecule has 8 nitrogen and oxygen atoms in total. The highest BCUT2D eigenvalue weighted by Gasteiger charge is 2.17. The first kappa shape index (κ1) is 20.7. The van der Waals surface area contributed by atoms with Gasteiger partial charge in [0.1, 0.15) is 16.4 Å². The van der Waals surface area contributed by atoms with Crippen LogP contribution >= 0.6 is 0 Å². The van der Waals surface area contributed by atoms with Gasteiger partial charge >= 0.3 is 0 Å². The number of methoxy groups -OCH3 is 2. The van der Waals surface area contributed by atoms with E-state index in [-0.39, 0.29) is 16.3 Å². The molecule has 0 aliphatic carbocycles. The van der Waals surface area contributed by atoms with E-state index >= 15 is 0 Å². The van der Waals surface area contributed by atoms with Crippen molar-refractivity contribution < 1.29 is 27.4 Å². The quantitative estimate of drug-likeness (QED) is 0.708. The van der Waals surface area contributed by atoms with Crippen molar-refractivity contribution in [1.29, 1.82) is 0 Å². The summed E-state index contributed by atoms with van der Waals surface area (Å²) in [6.07, 6.45) is 0. The number of rotatable bonds is 8. The van der Waals surface area contributed by atoms with Crippen molar-refractivity contribution in [3.63, 3.8) is 0 Å². The van der Waals surface area contributed by atoms with Crippen molar-refractivity contribution in [2.24, 2.45) is 5.14 Å². The molecule has 0 fully saturated rings. The molecule has 9 heteroatoms. The number of amides is 1. The number of benzene rings is 2. The summed E-state index contributed by atoms with van der Waals surface area (Å²) in [6.45, 7) is 2.70. The molecule has 0 heterocycles. The Labute approximate surface area is 158 Å². The second-order valence-electron chi connectivity index (χ2n) is 5.53. The standard InChI is InChI=1S/C18H22N2O6S/c1-4-26-11-13-9-12(5-7-15(13)24-2)18(21)20-14-6-8-16(25-3)17(10-14)27(19,22)23/h5-10H,4,11H2,1-3H3,(H,20,21)(H2,19,22,23). The molecule has 27 heavy (non-hydrogen) atoms. The summed E-state index contributed by atoms with van der Waals surface area (Å²) in [5.74, 6) is 0.292. The second-order valence-corrected chi connectivity index (χ2v) is 7.06. The smallest absolute Gasteiger partial charge is 0.255 e. The number of nitrogens with two attached hydrogens (primary N) is 1. The van der Waals surface area contributed by atoms with Crippen LogP contribution in [0.1, 0.15) is 22.8 Å². The van der Waals surface area contributed by atoms with E-state index in [9.17, 15) is 13.2 Å². The van der Waals surface area contributed by atoms with Crippen LogP contribution in [0.5, 0.6) is 11.5 Å². The van der Waals surface area contributed by atoms with E-state index in [0.29, 0.717) is 24.5 Å². The molecule has 3 N–H and O–H groups in total. The lowest BCUT2D eigenvalue weighted by atomic mass is 10.1. The number of hydrogen-bond donors (Lipinski definition) is 2. The molecule has 2 rings (SSSR count).